The number of likely N-dealkylation sites (N-methyl/N-ethyl adjacent to an activating group) is 1. The number of imidazole rings is 1. The van der Waals surface area contributed by atoms with Crippen molar-refractivity contribution in [1.82, 2.24) is 19.4 Å². The molecular weight excluding hydrogens is 286 g/mol. The van der Waals surface area contributed by atoms with E-state index in [1.165, 1.54) is 0 Å². The molecule has 23 heavy (non-hydrogen) atoms. The molecule has 1 aromatic carbocycles. The maximum absolute atomic E-state index is 6.10. The van der Waals surface area contributed by atoms with Crippen molar-refractivity contribution in [3.8, 4) is 11.4 Å². The number of benzene rings is 1. The Morgan fingerprint density at radius 1 is 1.13 bits per heavy atom. The van der Waals surface area contributed by atoms with Crippen LogP contribution < -0.4 is 5.73 Å². The summed E-state index contributed by atoms with van der Waals surface area (Å²) in [6.45, 7) is 8.32. The summed E-state index contributed by atoms with van der Waals surface area (Å²) < 4.78 is 2.11. The Balaban J connectivity index is 1.80. The van der Waals surface area contributed by atoms with Crippen LogP contribution in [0.15, 0.2) is 36.5 Å². The molecule has 0 spiro atoms. The zero-order chi connectivity index (χ0) is 16.2. The van der Waals surface area contributed by atoms with Crippen molar-refractivity contribution in [3.05, 3.63) is 42.2 Å². The molecule has 0 bridgehead atoms. The number of nitrogens with zero attached hydrogens (tertiary/aromatic N) is 4. The minimum Gasteiger partial charge on any atom is -0.334 e. The molecule has 1 aliphatic heterocycles. The van der Waals surface area contributed by atoms with Crippen LogP contribution in [0.25, 0.3) is 11.4 Å². The van der Waals surface area contributed by atoms with Gasteiger partial charge in [0.25, 0.3) is 0 Å². The van der Waals surface area contributed by atoms with Crippen LogP contribution in [-0.4, -0.2) is 58.6 Å². The van der Waals surface area contributed by atoms with Crippen molar-refractivity contribution in [2.24, 2.45) is 12.8 Å². The van der Waals surface area contributed by atoms with Crippen molar-refractivity contribution in [1.29, 1.82) is 0 Å². The molecule has 5 heteroatoms. The quantitative estimate of drug-likeness (QED) is 0.913. The van der Waals surface area contributed by atoms with E-state index in [1.807, 2.05) is 18.2 Å². The number of aromatic nitrogens is 2. The van der Waals surface area contributed by atoms with E-state index in [2.05, 4.69) is 46.7 Å². The van der Waals surface area contributed by atoms with Crippen LogP contribution in [0.5, 0.6) is 0 Å². The van der Waals surface area contributed by atoms with Crippen molar-refractivity contribution in [2.75, 3.05) is 39.3 Å². The maximum Gasteiger partial charge on any atom is 0.140 e. The lowest BCUT2D eigenvalue weighted by molar-refractivity contribution is 0.100. The third-order valence-corrected chi connectivity index (χ3v) is 4.79. The fraction of sp³-hybridized carbons (Fsp3) is 0.500. The molecule has 5 nitrogen and oxygen atoms in total. The highest BCUT2D eigenvalue weighted by atomic mass is 15.3. The summed E-state index contributed by atoms with van der Waals surface area (Å²) in [7, 11) is 2.06. The Morgan fingerprint density at radius 3 is 2.43 bits per heavy atom. The van der Waals surface area contributed by atoms with Crippen LogP contribution in [0.1, 0.15) is 18.7 Å². The van der Waals surface area contributed by atoms with Crippen LogP contribution in [-0.2, 0) is 7.05 Å². The number of hydrogen-bond donors (Lipinski definition) is 1. The Labute approximate surface area is 138 Å². The molecule has 0 amide bonds. The van der Waals surface area contributed by atoms with E-state index >= 15 is 0 Å². The Morgan fingerprint density at radius 2 is 1.83 bits per heavy atom. The lowest BCUT2D eigenvalue weighted by Crippen LogP contribution is -2.48. The fourth-order valence-electron chi connectivity index (χ4n) is 3.35. The number of rotatable bonds is 5. The highest BCUT2D eigenvalue weighted by Gasteiger charge is 2.26. The van der Waals surface area contributed by atoms with Crippen LogP contribution in [0.2, 0.25) is 0 Å². The molecule has 2 aromatic rings. The van der Waals surface area contributed by atoms with Crippen LogP contribution >= 0.6 is 0 Å². The molecular formula is C18H27N5. The summed E-state index contributed by atoms with van der Waals surface area (Å²) in [5.41, 5.74) is 8.32. The van der Waals surface area contributed by atoms with Gasteiger partial charge in [0, 0.05) is 51.5 Å². The molecule has 1 atom stereocenters. The lowest BCUT2D eigenvalue weighted by atomic mass is 10.1. The molecule has 1 saturated heterocycles. The van der Waals surface area contributed by atoms with Gasteiger partial charge >= 0.3 is 0 Å². The standard InChI is InChI=1S/C18H27N5/c1-3-22-9-11-23(12-10-22)17(13-19)16-14-21(2)18(20-16)15-7-5-4-6-8-15/h4-8,14,17H,3,9-13,19H2,1-2H3. The van der Waals surface area contributed by atoms with Gasteiger partial charge in [-0.1, -0.05) is 37.3 Å². The minimum atomic E-state index is 0.206. The first kappa shape index (κ1) is 16.2. The van der Waals surface area contributed by atoms with Gasteiger partial charge in [-0.25, -0.2) is 4.98 Å². The van der Waals surface area contributed by atoms with E-state index in [-0.39, 0.29) is 6.04 Å². The molecule has 2 heterocycles. The average molecular weight is 313 g/mol. The molecule has 0 radical (unpaired) electrons. The van der Waals surface area contributed by atoms with Gasteiger partial charge in [-0.05, 0) is 6.54 Å². The van der Waals surface area contributed by atoms with Crippen LogP contribution in [0.4, 0.5) is 0 Å². The van der Waals surface area contributed by atoms with Crippen LogP contribution in [0, 0.1) is 0 Å². The zero-order valence-electron chi connectivity index (χ0n) is 14.2. The molecule has 3 rings (SSSR count). The highest BCUT2D eigenvalue weighted by molar-refractivity contribution is 5.55. The second-order valence-corrected chi connectivity index (χ2v) is 6.19. The second kappa shape index (κ2) is 7.25. The third kappa shape index (κ3) is 3.47. The highest BCUT2D eigenvalue weighted by Crippen LogP contribution is 2.24. The van der Waals surface area contributed by atoms with Gasteiger partial charge in [-0.2, -0.15) is 0 Å². The summed E-state index contributed by atoms with van der Waals surface area (Å²) in [6, 6.07) is 10.5. The van der Waals surface area contributed by atoms with E-state index in [1.54, 1.807) is 0 Å². The van der Waals surface area contributed by atoms with E-state index in [4.69, 9.17) is 10.7 Å². The number of hydrogen-bond acceptors (Lipinski definition) is 4. The molecule has 0 saturated carbocycles. The van der Waals surface area contributed by atoms with Crippen molar-refractivity contribution in [3.63, 3.8) is 0 Å². The predicted molar refractivity (Wildman–Crippen MR) is 94.1 cm³/mol. The molecule has 1 unspecified atom stereocenters. The Bertz CT molecular complexity index is 614. The van der Waals surface area contributed by atoms with Gasteiger partial charge in [-0.3, -0.25) is 4.90 Å². The van der Waals surface area contributed by atoms with Crippen molar-refractivity contribution >= 4 is 0 Å². The molecule has 0 aliphatic carbocycles. The lowest BCUT2D eigenvalue weighted by Gasteiger charge is -2.37. The summed E-state index contributed by atoms with van der Waals surface area (Å²) in [5.74, 6) is 1.01. The molecule has 1 aliphatic rings. The first-order chi connectivity index (χ1) is 11.2. The first-order valence-electron chi connectivity index (χ1n) is 8.48. The van der Waals surface area contributed by atoms with Gasteiger partial charge in [0.1, 0.15) is 5.82 Å². The van der Waals surface area contributed by atoms with E-state index < -0.39 is 0 Å². The molecule has 2 N–H and O–H groups in total. The van der Waals surface area contributed by atoms with Gasteiger partial charge in [0.2, 0.25) is 0 Å². The summed E-state index contributed by atoms with van der Waals surface area (Å²) in [6.07, 6.45) is 2.13. The second-order valence-electron chi connectivity index (χ2n) is 6.19. The monoisotopic (exact) mass is 313 g/mol. The van der Waals surface area contributed by atoms with Gasteiger partial charge in [-0.15, -0.1) is 0 Å². The average Bonchev–Trinajstić information content (AvgIpc) is 2.98. The smallest absolute Gasteiger partial charge is 0.140 e. The van der Waals surface area contributed by atoms with Gasteiger partial charge < -0.3 is 15.2 Å². The SMILES string of the molecule is CCN1CCN(C(CN)c2cn(C)c(-c3ccccc3)n2)CC1. The van der Waals surface area contributed by atoms with Crippen molar-refractivity contribution in [2.45, 2.75) is 13.0 Å². The van der Waals surface area contributed by atoms with E-state index in [0.29, 0.717) is 6.54 Å². The zero-order valence-corrected chi connectivity index (χ0v) is 14.2. The van der Waals surface area contributed by atoms with E-state index in [0.717, 1.165) is 49.8 Å². The topological polar surface area (TPSA) is 50.3 Å². The molecule has 124 valence electrons. The summed E-state index contributed by atoms with van der Waals surface area (Å²) >= 11 is 0. The van der Waals surface area contributed by atoms with Crippen molar-refractivity contribution < 1.29 is 0 Å². The number of nitrogens with two attached hydrogens (primary N) is 1. The predicted octanol–water partition coefficient (Wildman–Crippen LogP) is 1.72. The fourth-order valence-corrected chi connectivity index (χ4v) is 3.35. The van der Waals surface area contributed by atoms with Gasteiger partial charge in [0.05, 0.1) is 11.7 Å². The Kier molecular flexibility index (Phi) is 5.10. The summed E-state index contributed by atoms with van der Waals surface area (Å²) in [5, 5.41) is 0. The summed E-state index contributed by atoms with van der Waals surface area (Å²) in [4.78, 5) is 9.85. The number of piperazine rings is 1. The Hall–Kier alpha value is -1.69. The largest absolute Gasteiger partial charge is 0.334 e. The first-order valence-corrected chi connectivity index (χ1v) is 8.48. The minimum absolute atomic E-state index is 0.206. The normalized spacial score (nSPS) is 18.2. The molecule has 1 aromatic heterocycles. The van der Waals surface area contributed by atoms with E-state index in [9.17, 15) is 0 Å². The molecule has 1 fully saturated rings. The third-order valence-electron chi connectivity index (χ3n) is 4.79. The maximum atomic E-state index is 6.10. The van der Waals surface area contributed by atoms with Crippen LogP contribution in [0.3, 0.4) is 0 Å². The number of aryl methyl sites for hydroxylation is 1. The van der Waals surface area contributed by atoms with Gasteiger partial charge in [0.15, 0.2) is 0 Å².